The highest BCUT2D eigenvalue weighted by Crippen LogP contribution is 1.91. The Hall–Kier alpha value is -0.0400. The van der Waals surface area contributed by atoms with Crippen LogP contribution < -0.4 is 0 Å². The maximum atomic E-state index is 5.36. The van der Waals surface area contributed by atoms with Crippen LogP contribution in [0, 0.1) is 6.92 Å². The smallest absolute Gasteiger partial charge is 0.00189 e. The number of hydrogen-bond acceptors (Lipinski definition) is 1. The molecule has 0 amide bonds. The normalized spacial score (nSPS) is 10.7. The Labute approximate surface area is 59.1 Å². The Kier molecular flexibility index (Phi) is 6.06. The van der Waals surface area contributed by atoms with Crippen molar-refractivity contribution in [3.8, 4) is 0 Å². The average Bonchev–Trinajstić information content (AvgIpc) is 1.85. The van der Waals surface area contributed by atoms with Crippen LogP contribution in [0.1, 0.15) is 26.2 Å². The summed E-state index contributed by atoms with van der Waals surface area (Å²) in [6.07, 6.45) is 3.34. The minimum absolute atomic E-state index is 0.778. The van der Waals surface area contributed by atoms with Crippen molar-refractivity contribution in [3.05, 3.63) is 6.92 Å². The molecule has 2 radical (unpaired) electrons. The topological polar surface area (TPSA) is 3.24 Å². The number of hydrogen-bond donors (Lipinski definition) is 0. The van der Waals surface area contributed by atoms with Crippen LogP contribution in [-0.4, -0.2) is 25.0 Å². The van der Waals surface area contributed by atoms with Gasteiger partial charge in [-0.15, -0.1) is 0 Å². The predicted octanol–water partition coefficient (Wildman–Crippen LogP) is 1.82. The summed E-state index contributed by atoms with van der Waals surface area (Å²) in [6.45, 7) is 9.78. The first-order valence-corrected chi connectivity index (χ1v) is 3.70. The molecule has 54 valence electrons. The Morgan fingerprint density at radius 2 is 2.00 bits per heavy atom. The molecule has 1 heteroatoms. The summed E-state index contributed by atoms with van der Waals surface area (Å²) in [5.74, 6) is 0. The van der Waals surface area contributed by atoms with Crippen LogP contribution in [0.4, 0.5) is 0 Å². The van der Waals surface area contributed by atoms with Crippen LogP contribution in [0.25, 0.3) is 0 Å². The number of unbranched alkanes of at least 4 members (excludes halogenated alkanes) is 1. The van der Waals surface area contributed by atoms with Crippen LogP contribution in [0.5, 0.6) is 0 Å². The van der Waals surface area contributed by atoms with Crippen LogP contribution in [-0.2, 0) is 0 Å². The molecule has 0 aromatic carbocycles. The molecule has 0 heterocycles. The SMILES string of the molecule is [CH]CCN(C)CCCC. The lowest BCUT2D eigenvalue weighted by Crippen LogP contribution is -2.19. The van der Waals surface area contributed by atoms with E-state index in [1.807, 2.05) is 0 Å². The summed E-state index contributed by atoms with van der Waals surface area (Å²) in [7, 11) is 2.11. The van der Waals surface area contributed by atoms with E-state index in [-0.39, 0.29) is 0 Å². The highest BCUT2D eigenvalue weighted by molar-refractivity contribution is 4.51. The Morgan fingerprint density at radius 3 is 2.44 bits per heavy atom. The summed E-state index contributed by atoms with van der Waals surface area (Å²) in [6, 6.07) is 0. The number of nitrogens with zero attached hydrogens (tertiary/aromatic N) is 1. The average molecular weight is 127 g/mol. The van der Waals surface area contributed by atoms with Crippen molar-refractivity contribution in [3.63, 3.8) is 0 Å². The summed E-state index contributed by atoms with van der Waals surface area (Å²) < 4.78 is 0. The van der Waals surface area contributed by atoms with E-state index < -0.39 is 0 Å². The van der Waals surface area contributed by atoms with Gasteiger partial charge in [-0.1, -0.05) is 13.3 Å². The van der Waals surface area contributed by atoms with E-state index in [4.69, 9.17) is 6.92 Å². The van der Waals surface area contributed by atoms with Crippen LogP contribution in [0.3, 0.4) is 0 Å². The van der Waals surface area contributed by atoms with E-state index in [0.717, 1.165) is 13.0 Å². The highest BCUT2D eigenvalue weighted by Gasteiger charge is 1.92. The minimum Gasteiger partial charge on any atom is -0.306 e. The number of rotatable bonds is 5. The molecule has 0 saturated heterocycles. The van der Waals surface area contributed by atoms with Crippen LogP contribution in [0.2, 0.25) is 0 Å². The zero-order valence-electron chi connectivity index (χ0n) is 6.56. The summed E-state index contributed by atoms with van der Waals surface area (Å²) >= 11 is 0. The minimum atomic E-state index is 0.778. The zero-order chi connectivity index (χ0) is 7.11. The predicted molar refractivity (Wildman–Crippen MR) is 41.3 cm³/mol. The van der Waals surface area contributed by atoms with Gasteiger partial charge in [0.2, 0.25) is 0 Å². The highest BCUT2D eigenvalue weighted by atomic mass is 15.1. The van der Waals surface area contributed by atoms with E-state index in [2.05, 4.69) is 18.9 Å². The standard InChI is InChI=1S/C8H17N/c1-4-6-8-9(3)7-5-2/h2H,4-8H2,1,3H3. The first-order chi connectivity index (χ1) is 4.31. The maximum absolute atomic E-state index is 5.36. The third-order valence-corrected chi connectivity index (χ3v) is 1.40. The fourth-order valence-electron chi connectivity index (χ4n) is 0.760. The Balaban J connectivity index is 2.95. The van der Waals surface area contributed by atoms with Gasteiger partial charge in [0, 0.05) is 0 Å². The van der Waals surface area contributed by atoms with Crippen molar-refractivity contribution in [2.75, 3.05) is 20.1 Å². The largest absolute Gasteiger partial charge is 0.306 e. The molecule has 0 aromatic rings. The molecule has 0 aliphatic rings. The molecule has 0 aliphatic heterocycles. The molecule has 0 rings (SSSR count). The van der Waals surface area contributed by atoms with Gasteiger partial charge in [0.1, 0.15) is 0 Å². The van der Waals surface area contributed by atoms with Crippen molar-refractivity contribution < 1.29 is 0 Å². The first-order valence-electron chi connectivity index (χ1n) is 3.70. The Bertz CT molecular complexity index is 52.5. The van der Waals surface area contributed by atoms with E-state index in [0.29, 0.717) is 0 Å². The van der Waals surface area contributed by atoms with Gasteiger partial charge in [-0.05, 0) is 39.9 Å². The molecule has 0 unspecified atom stereocenters. The monoisotopic (exact) mass is 127 g/mol. The second-order valence-electron chi connectivity index (χ2n) is 2.45. The Morgan fingerprint density at radius 1 is 1.33 bits per heavy atom. The van der Waals surface area contributed by atoms with Crippen molar-refractivity contribution in [2.45, 2.75) is 26.2 Å². The van der Waals surface area contributed by atoms with Gasteiger partial charge in [0.05, 0.1) is 0 Å². The van der Waals surface area contributed by atoms with Gasteiger partial charge < -0.3 is 4.90 Å². The van der Waals surface area contributed by atoms with Gasteiger partial charge in [0.25, 0.3) is 0 Å². The van der Waals surface area contributed by atoms with Crippen molar-refractivity contribution in [2.24, 2.45) is 0 Å². The molecule has 0 atom stereocenters. The third-order valence-electron chi connectivity index (χ3n) is 1.40. The van der Waals surface area contributed by atoms with E-state index >= 15 is 0 Å². The molecular formula is C8H17N. The summed E-state index contributed by atoms with van der Waals surface area (Å²) in [5, 5.41) is 0. The second-order valence-corrected chi connectivity index (χ2v) is 2.45. The van der Waals surface area contributed by atoms with Crippen molar-refractivity contribution in [1.82, 2.24) is 4.90 Å². The molecule has 0 aromatic heterocycles. The van der Waals surface area contributed by atoms with E-state index in [1.54, 1.807) is 0 Å². The molecule has 0 aliphatic carbocycles. The lowest BCUT2D eigenvalue weighted by molar-refractivity contribution is 0.334. The molecule has 0 bridgehead atoms. The van der Waals surface area contributed by atoms with Gasteiger partial charge in [-0.3, -0.25) is 0 Å². The molecule has 9 heavy (non-hydrogen) atoms. The molecule has 0 saturated carbocycles. The fraction of sp³-hybridized carbons (Fsp3) is 0.875. The van der Waals surface area contributed by atoms with E-state index in [1.165, 1.54) is 19.4 Å². The van der Waals surface area contributed by atoms with Crippen LogP contribution in [0.15, 0.2) is 0 Å². The van der Waals surface area contributed by atoms with Crippen molar-refractivity contribution >= 4 is 0 Å². The second kappa shape index (κ2) is 6.09. The summed E-state index contributed by atoms with van der Waals surface area (Å²) in [5.41, 5.74) is 0. The molecule has 0 N–H and O–H groups in total. The molecule has 0 spiro atoms. The fourth-order valence-corrected chi connectivity index (χ4v) is 0.760. The quantitative estimate of drug-likeness (QED) is 0.544. The van der Waals surface area contributed by atoms with Gasteiger partial charge >= 0.3 is 0 Å². The first kappa shape index (κ1) is 8.96. The maximum Gasteiger partial charge on any atom is -0.00189 e. The lowest BCUT2D eigenvalue weighted by atomic mass is 10.3. The molecule has 0 fully saturated rings. The zero-order valence-corrected chi connectivity index (χ0v) is 6.56. The van der Waals surface area contributed by atoms with Crippen molar-refractivity contribution in [1.29, 1.82) is 0 Å². The molecular weight excluding hydrogens is 110 g/mol. The summed E-state index contributed by atoms with van der Waals surface area (Å²) in [4.78, 5) is 2.27. The van der Waals surface area contributed by atoms with Gasteiger partial charge in [0.15, 0.2) is 0 Å². The van der Waals surface area contributed by atoms with E-state index in [9.17, 15) is 0 Å². The molecule has 1 nitrogen and oxygen atoms in total. The van der Waals surface area contributed by atoms with Gasteiger partial charge in [-0.2, -0.15) is 0 Å². The van der Waals surface area contributed by atoms with Gasteiger partial charge in [-0.25, -0.2) is 0 Å². The lowest BCUT2D eigenvalue weighted by Gasteiger charge is -2.13. The third kappa shape index (κ3) is 5.84. The van der Waals surface area contributed by atoms with Crippen LogP contribution >= 0.6 is 0 Å².